The molecule has 0 spiro atoms. The third-order valence-corrected chi connectivity index (χ3v) is 3.69. The molecule has 0 unspecified atom stereocenters. The molecule has 0 bridgehead atoms. The van der Waals surface area contributed by atoms with Crippen LogP contribution in [0.25, 0.3) is 5.69 Å². The van der Waals surface area contributed by atoms with Gasteiger partial charge in [-0.2, -0.15) is 18.4 Å². The molecule has 1 aliphatic heterocycles. The van der Waals surface area contributed by atoms with E-state index in [9.17, 15) is 27.6 Å². The van der Waals surface area contributed by atoms with E-state index < -0.39 is 30.2 Å². The zero-order valence-electron chi connectivity index (χ0n) is 13.3. The van der Waals surface area contributed by atoms with Crippen molar-refractivity contribution in [3.8, 4) is 17.5 Å². The molecule has 0 aliphatic carbocycles. The second-order valence-corrected chi connectivity index (χ2v) is 5.47. The number of aromatic nitrogens is 1. The Hall–Kier alpha value is -3.81. The Labute approximate surface area is 148 Å². The molecule has 8 nitrogen and oxygen atoms in total. The van der Waals surface area contributed by atoms with Gasteiger partial charge in [-0.1, -0.05) is 0 Å². The first-order chi connectivity index (χ1) is 12.6. The van der Waals surface area contributed by atoms with Crippen molar-refractivity contribution in [2.75, 3.05) is 12.3 Å². The number of nitrogen functional groups attached to an aromatic ring is 1. The number of benzene rings is 1. The quantitative estimate of drug-likeness (QED) is 0.771. The number of pyridine rings is 1. The molecular weight excluding hydrogens is 369 g/mol. The van der Waals surface area contributed by atoms with E-state index in [1.165, 1.54) is 6.07 Å². The first kappa shape index (κ1) is 18.0. The number of imide groups is 1. The Morgan fingerprint density at radius 2 is 1.89 bits per heavy atom. The lowest BCUT2D eigenvalue weighted by Crippen LogP contribution is -2.24. The lowest BCUT2D eigenvalue weighted by atomic mass is 10.1. The standard InChI is InChI=1S/C16H9F3N4O4/c17-16(18,19)6-27-10-2-1-8(3-7(10)5-20)23-11(24)4-9-12(13(23)21)15(26)22-14(9)25/h1-4H,6,21H2,(H,22,25,26). The van der Waals surface area contributed by atoms with Crippen molar-refractivity contribution in [2.24, 2.45) is 0 Å². The third-order valence-electron chi connectivity index (χ3n) is 3.69. The van der Waals surface area contributed by atoms with Crippen LogP contribution in [0, 0.1) is 11.3 Å². The zero-order chi connectivity index (χ0) is 19.9. The van der Waals surface area contributed by atoms with Crippen LogP contribution in [0.5, 0.6) is 5.75 Å². The normalized spacial score (nSPS) is 13.1. The molecular formula is C16H9F3N4O4. The minimum atomic E-state index is -4.59. The van der Waals surface area contributed by atoms with Gasteiger partial charge < -0.3 is 10.5 Å². The molecule has 1 aromatic carbocycles. The minimum Gasteiger partial charge on any atom is -0.483 e. The number of amides is 2. The van der Waals surface area contributed by atoms with E-state index in [-0.39, 0.29) is 33.9 Å². The summed E-state index contributed by atoms with van der Waals surface area (Å²) in [5, 5.41) is 11.2. The van der Waals surface area contributed by atoms with E-state index in [1.807, 2.05) is 5.32 Å². The molecule has 2 heterocycles. The Morgan fingerprint density at radius 1 is 1.19 bits per heavy atom. The smallest absolute Gasteiger partial charge is 0.422 e. The van der Waals surface area contributed by atoms with E-state index in [0.29, 0.717) is 0 Å². The van der Waals surface area contributed by atoms with Crippen LogP contribution in [-0.4, -0.2) is 29.2 Å². The SMILES string of the molecule is N#Cc1cc(-n2c(N)c3c(cc2=O)C(=O)NC3=O)ccc1OCC(F)(F)F. The summed E-state index contributed by atoms with van der Waals surface area (Å²) in [4.78, 5) is 35.8. The Balaban J connectivity index is 2.10. The predicted molar refractivity (Wildman–Crippen MR) is 84.5 cm³/mol. The number of nitrogens with two attached hydrogens (primary N) is 1. The monoisotopic (exact) mass is 378 g/mol. The van der Waals surface area contributed by atoms with Crippen molar-refractivity contribution >= 4 is 17.6 Å². The molecule has 27 heavy (non-hydrogen) atoms. The molecule has 1 aliphatic rings. The first-order valence-corrected chi connectivity index (χ1v) is 7.27. The van der Waals surface area contributed by atoms with Crippen molar-refractivity contribution < 1.29 is 27.5 Å². The van der Waals surface area contributed by atoms with E-state index in [4.69, 9.17) is 11.0 Å². The molecule has 0 saturated carbocycles. The lowest BCUT2D eigenvalue weighted by molar-refractivity contribution is -0.153. The van der Waals surface area contributed by atoms with Gasteiger partial charge in [-0.3, -0.25) is 24.3 Å². The molecule has 2 amide bonds. The van der Waals surface area contributed by atoms with Crippen LogP contribution in [0.3, 0.4) is 0 Å². The Bertz CT molecular complexity index is 1080. The summed E-state index contributed by atoms with van der Waals surface area (Å²) in [5.74, 6) is -2.22. The number of carbonyl (C=O) groups excluding carboxylic acids is 2. The fourth-order valence-corrected chi connectivity index (χ4v) is 2.58. The predicted octanol–water partition coefficient (Wildman–Crippen LogP) is 1.12. The molecule has 3 rings (SSSR count). The number of rotatable bonds is 3. The largest absolute Gasteiger partial charge is 0.483 e. The number of nitrogens with zero attached hydrogens (tertiary/aromatic N) is 2. The molecule has 0 saturated heterocycles. The average molecular weight is 378 g/mol. The van der Waals surface area contributed by atoms with Crippen molar-refractivity contribution in [3.63, 3.8) is 0 Å². The number of hydrogen-bond donors (Lipinski definition) is 2. The number of fused-ring (bicyclic) bond motifs is 1. The molecule has 0 atom stereocenters. The zero-order valence-corrected chi connectivity index (χ0v) is 13.3. The first-order valence-electron chi connectivity index (χ1n) is 7.27. The molecule has 138 valence electrons. The van der Waals surface area contributed by atoms with Crippen LogP contribution >= 0.6 is 0 Å². The van der Waals surface area contributed by atoms with Crippen LogP contribution in [0.1, 0.15) is 26.3 Å². The molecule has 3 N–H and O–H groups in total. The van der Waals surface area contributed by atoms with Gasteiger partial charge in [0.15, 0.2) is 6.61 Å². The van der Waals surface area contributed by atoms with Gasteiger partial charge in [-0.05, 0) is 18.2 Å². The van der Waals surface area contributed by atoms with Gasteiger partial charge in [0.05, 0.1) is 22.4 Å². The van der Waals surface area contributed by atoms with E-state index >= 15 is 0 Å². The second kappa shape index (κ2) is 6.17. The van der Waals surface area contributed by atoms with Crippen molar-refractivity contribution in [2.45, 2.75) is 6.18 Å². The highest BCUT2D eigenvalue weighted by atomic mass is 19.4. The molecule has 1 aromatic heterocycles. The fraction of sp³-hybridized carbons (Fsp3) is 0.125. The molecule has 11 heteroatoms. The van der Waals surface area contributed by atoms with Crippen molar-refractivity contribution in [3.05, 3.63) is 51.3 Å². The summed E-state index contributed by atoms with van der Waals surface area (Å²) in [6, 6.07) is 5.94. The second-order valence-electron chi connectivity index (χ2n) is 5.47. The van der Waals surface area contributed by atoms with Crippen LogP contribution in [0.15, 0.2) is 29.1 Å². The van der Waals surface area contributed by atoms with Crippen molar-refractivity contribution in [1.29, 1.82) is 5.26 Å². The third kappa shape index (κ3) is 3.20. The van der Waals surface area contributed by atoms with Crippen LogP contribution < -0.4 is 21.3 Å². The number of nitriles is 1. The van der Waals surface area contributed by atoms with Gasteiger partial charge in [-0.15, -0.1) is 0 Å². The molecule has 0 fully saturated rings. The van der Waals surface area contributed by atoms with Gasteiger partial charge in [0.25, 0.3) is 17.4 Å². The molecule has 2 aromatic rings. The number of anilines is 1. The summed E-state index contributed by atoms with van der Waals surface area (Å²) >= 11 is 0. The topological polar surface area (TPSA) is 127 Å². The lowest BCUT2D eigenvalue weighted by Gasteiger charge is -2.14. The maximum Gasteiger partial charge on any atom is 0.422 e. The molecule has 0 radical (unpaired) electrons. The van der Waals surface area contributed by atoms with E-state index in [0.717, 1.165) is 22.8 Å². The summed E-state index contributed by atoms with van der Waals surface area (Å²) in [7, 11) is 0. The number of nitrogens with one attached hydrogen (secondary N) is 1. The summed E-state index contributed by atoms with van der Waals surface area (Å²) in [6.07, 6.45) is -4.59. The average Bonchev–Trinajstić information content (AvgIpc) is 2.86. The van der Waals surface area contributed by atoms with Crippen LogP contribution in [0.4, 0.5) is 19.0 Å². The van der Waals surface area contributed by atoms with E-state index in [2.05, 4.69) is 4.74 Å². The highest BCUT2D eigenvalue weighted by molar-refractivity contribution is 6.23. The number of halogens is 3. The van der Waals surface area contributed by atoms with Crippen molar-refractivity contribution in [1.82, 2.24) is 9.88 Å². The summed E-state index contributed by atoms with van der Waals surface area (Å²) in [5.41, 5.74) is 4.46. The highest BCUT2D eigenvalue weighted by Gasteiger charge is 2.32. The van der Waals surface area contributed by atoms with Gasteiger partial charge in [-0.25, -0.2) is 0 Å². The maximum absolute atomic E-state index is 12.3. The van der Waals surface area contributed by atoms with Gasteiger partial charge in [0.2, 0.25) is 0 Å². The van der Waals surface area contributed by atoms with Crippen LogP contribution in [-0.2, 0) is 0 Å². The number of hydrogen-bond acceptors (Lipinski definition) is 6. The number of carbonyl (C=O) groups is 2. The van der Waals surface area contributed by atoms with Gasteiger partial charge in [0, 0.05) is 6.07 Å². The van der Waals surface area contributed by atoms with E-state index in [1.54, 1.807) is 6.07 Å². The minimum absolute atomic E-state index is 0.0170. The summed E-state index contributed by atoms with van der Waals surface area (Å²) in [6.45, 7) is -1.59. The number of ether oxygens (including phenoxy) is 1. The Morgan fingerprint density at radius 3 is 2.52 bits per heavy atom. The highest BCUT2D eigenvalue weighted by Crippen LogP contribution is 2.27. The van der Waals surface area contributed by atoms with Crippen LogP contribution in [0.2, 0.25) is 0 Å². The fourth-order valence-electron chi connectivity index (χ4n) is 2.58. The Kier molecular flexibility index (Phi) is 4.11. The number of alkyl halides is 3. The van der Waals surface area contributed by atoms with Gasteiger partial charge in [0.1, 0.15) is 17.6 Å². The maximum atomic E-state index is 12.3. The van der Waals surface area contributed by atoms with Gasteiger partial charge >= 0.3 is 6.18 Å². The summed E-state index contributed by atoms with van der Waals surface area (Å²) < 4.78 is 42.3.